The monoisotopic (exact) mass is 542 g/mol. The fourth-order valence-corrected chi connectivity index (χ4v) is 2.67. The van der Waals surface area contributed by atoms with Crippen LogP contribution in [0.5, 0.6) is 0 Å². The van der Waals surface area contributed by atoms with E-state index in [0.29, 0.717) is 18.0 Å². The highest BCUT2D eigenvalue weighted by atomic mass is 16.2. The van der Waals surface area contributed by atoms with Gasteiger partial charge in [0.25, 0.3) is 0 Å². The zero-order valence-electron chi connectivity index (χ0n) is 27.2. The number of amides is 1. The molecule has 0 fully saturated rings. The lowest BCUT2D eigenvalue weighted by Gasteiger charge is -2.15. The molecule has 0 aliphatic rings. The standard InChI is InChI=1S/C12H23NO2.C8H17NO.C6H12O.C5H10O/c1-9(2)12(15)10(3)7-5-6-8-13-11(4)14;1-5(2)7(9)8(10)6(3)4;1-4-6(7)5(2)3;1-4(2)5(3)6/h9-10H,5-8H2,1-4H3,(H,13,14);5-7H,9H2,1-4H3;5H,4H2,1-3H3;4H,1-3H3/t10-;7-;;/m00../s1. The molecule has 2 atom stereocenters. The maximum atomic E-state index is 11.5. The van der Waals surface area contributed by atoms with E-state index < -0.39 is 0 Å². The third-order valence-electron chi connectivity index (χ3n) is 5.91. The van der Waals surface area contributed by atoms with Crippen molar-refractivity contribution in [1.29, 1.82) is 0 Å². The SMILES string of the molecule is CC(=O)C(C)C.CC(=O)NCCCC[C@H](C)C(=O)C(C)C.CC(C)C(=O)[C@@H](N)C(C)C.CCC(=O)C(C)C. The maximum Gasteiger partial charge on any atom is 0.216 e. The molecule has 0 radical (unpaired) electrons. The van der Waals surface area contributed by atoms with E-state index in [1.165, 1.54) is 6.92 Å². The van der Waals surface area contributed by atoms with Gasteiger partial charge in [-0.25, -0.2) is 0 Å². The van der Waals surface area contributed by atoms with Crippen molar-refractivity contribution in [2.24, 2.45) is 41.2 Å². The van der Waals surface area contributed by atoms with Crippen LogP contribution in [-0.4, -0.2) is 41.6 Å². The number of ketones is 4. The van der Waals surface area contributed by atoms with Gasteiger partial charge in [0, 0.05) is 49.5 Å². The number of carbonyl (C=O) groups excluding carboxylic acids is 5. The average molecular weight is 543 g/mol. The van der Waals surface area contributed by atoms with Gasteiger partial charge in [-0.1, -0.05) is 89.5 Å². The van der Waals surface area contributed by atoms with Crippen LogP contribution in [0, 0.1) is 35.5 Å². The molecule has 0 saturated carbocycles. The van der Waals surface area contributed by atoms with Gasteiger partial charge in [-0.3, -0.25) is 24.0 Å². The number of nitrogens with two attached hydrogens (primary N) is 1. The Kier molecular flexibility index (Phi) is 28.8. The number of nitrogens with one attached hydrogen (secondary N) is 1. The summed E-state index contributed by atoms with van der Waals surface area (Å²) in [6, 6.07) is -0.278. The molecule has 0 aromatic rings. The summed E-state index contributed by atoms with van der Waals surface area (Å²) < 4.78 is 0. The Hall–Kier alpha value is -1.89. The van der Waals surface area contributed by atoms with Gasteiger partial charge < -0.3 is 11.1 Å². The van der Waals surface area contributed by atoms with E-state index in [2.05, 4.69) is 5.32 Å². The predicted molar refractivity (Wildman–Crippen MR) is 160 cm³/mol. The second kappa shape index (κ2) is 25.4. The predicted octanol–water partition coefficient (Wildman–Crippen LogP) is 6.20. The molecule has 38 heavy (non-hydrogen) atoms. The van der Waals surface area contributed by atoms with Crippen LogP contribution in [0.1, 0.15) is 123 Å². The summed E-state index contributed by atoms with van der Waals surface area (Å²) in [5.74, 6) is 2.18. The van der Waals surface area contributed by atoms with Crippen molar-refractivity contribution in [3.63, 3.8) is 0 Å². The molecule has 0 unspecified atom stereocenters. The lowest BCUT2D eigenvalue weighted by atomic mass is 9.92. The number of rotatable bonds is 13. The zero-order valence-corrected chi connectivity index (χ0v) is 27.2. The molecule has 0 heterocycles. The average Bonchev–Trinajstić information content (AvgIpc) is 2.82. The molecule has 0 spiro atoms. The molecule has 0 rings (SSSR count). The molecular formula is C31H62N2O5. The minimum absolute atomic E-state index is 0.0151. The fourth-order valence-electron chi connectivity index (χ4n) is 2.67. The van der Waals surface area contributed by atoms with Crippen LogP contribution in [0.3, 0.4) is 0 Å². The molecule has 0 bridgehead atoms. The Balaban J connectivity index is -0.000000218. The summed E-state index contributed by atoms with van der Waals surface area (Å²) in [6.07, 6.45) is 3.56. The van der Waals surface area contributed by atoms with E-state index in [0.717, 1.165) is 25.8 Å². The molecule has 1 amide bonds. The highest BCUT2D eigenvalue weighted by Gasteiger charge is 2.19. The molecule has 0 saturated heterocycles. The molecule has 7 nitrogen and oxygen atoms in total. The van der Waals surface area contributed by atoms with E-state index >= 15 is 0 Å². The van der Waals surface area contributed by atoms with Crippen LogP contribution in [0.2, 0.25) is 0 Å². The first-order chi connectivity index (χ1) is 17.2. The Labute approximate surface area is 234 Å². The molecule has 0 aliphatic heterocycles. The Morgan fingerprint density at radius 3 is 1.29 bits per heavy atom. The first-order valence-corrected chi connectivity index (χ1v) is 14.3. The first kappa shape index (κ1) is 43.2. The minimum atomic E-state index is -0.278. The first-order valence-electron chi connectivity index (χ1n) is 14.3. The van der Waals surface area contributed by atoms with Gasteiger partial charge in [0.1, 0.15) is 17.3 Å². The summed E-state index contributed by atoms with van der Waals surface area (Å²) in [5.41, 5.74) is 5.61. The number of hydrogen-bond donors (Lipinski definition) is 2. The van der Waals surface area contributed by atoms with E-state index in [9.17, 15) is 24.0 Å². The third kappa shape index (κ3) is 28.7. The molecule has 0 aromatic carbocycles. The summed E-state index contributed by atoms with van der Waals surface area (Å²) >= 11 is 0. The van der Waals surface area contributed by atoms with Gasteiger partial charge in [-0.05, 0) is 25.7 Å². The normalized spacial score (nSPS) is 12.0. The van der Waals surface area contributed by atoms with Crippen molar-refractivity contribution in [2.75, 3.05) is 6.54 Å². The van der Waals surface area contributed by atoms with Crippen molar-refractivity contribution >= 4 is 29.0 Å². The number of Topliss-reactive ketones (excluding diaryl/α,β-unsaturated/α-hetero) is 4. The van der Waals surface area contributed by atoms with E-state index in [-0.39, 0.29) is 59.0 Å². The van der Waals surface area contributed by atoms with Crippen LogP contribution in [0.4, 0.5) is 0 Å². The van der Waals surface area contributed by atoms with Gasteiger partial charge >= 0.3 is 0 Å². The van der Waals surface area contributed by atoms with Crippen LogP contribution in [0.15, 0.2) is 0 Å². The van der Waals surface area contributed by atoms with Crippen molar-refractivity contribution in [1.82, 2.24) is 5.32 Å². The lowest BCUT2D eigenvalue weighted by molar-refractivity contribution is -0.125. The number of hydrogen-bond acceptors (Lipinski definition) is 6. The van der Waals surface area contributed by atoms with E-state index in [1.54, 1.807) is 6.92 Å². The molecule has 0 aromatic heterocycles. The Morgan fingerprint density at radius 2 is 1.08 bits per heavy atom. The van der Waals surface area contributed by atoms with Crippen LogP contribution in [-0.2, 0) is 24.0 Å². The molecule has 226 valence electrons. The lowest BCUT2D eigenvalue weighted by Crippen LogP contribution is -2.38. The largest absolute Gasteiger partial charge is 0.356 e. The molecule has 3 N–H and O–H groups in total. The minimum Gasteiger partial charge on any atom is -0.356 e. The number of carbonyl (C=O) groups is 5. The molecule has 7 heteroatoms. The van der Waals surface area contributed by atoms with Crippen molar-refractivity contribution in [3.8, 4) is 0 Å². The van der Waals surface area contributed by atoms with Gasteiger partial charge in [0.05, 0.1) is 6.04 Å². The second-order valence-corrected chi connectivity index (χ2v) is 11.5. The summed E-state index contributed by atoms with van der Waals surface area (Å²) in [5, 5.41) is 2.75. The quantitative estimate of drug-likeness (QED) is 0.267. The smallest absolute Gasteiger partial charge is 0.216 e. The zero-order chi connectivity index (χ0) is 31.2. The van der Waals surface area contributed by atoms with Crippen LogP contribution >= 0.6 is 0 Å². The van der Waals surface area contributed by atoms with Crippen molar-refractivity contribution in [3.05, 3.63) is 0 Å². The van der Waals surface area contributed by atoms with Crippen LogP contribution in [0.25, 0.3) is 0 Å². The van der Waals surface area contributed by atoms with Crippen molar-refractivity contribution in [2.45, 2.75) is 129 Å². The van der Waals surface area contributed by atoms with Crippen molar-refractivity contribution < 1.29 is 24.0 Å². The van der Waals surface area contributed by atoms with Crippen LogP contribution < -0.4 is 11.1 Å². The summed E-state index contributed by atoms with van der Waals surface area (Å²) in [6.45, 7) is 26.9. The fraction of sp³-hybridized carbons (Fsp3) is 0.839. The molecular weight excluding hydrogens is 480 g/mol. The highest BCUT2D eigenvalue weighted by Crippen LogP contribution is 2.13. The van der Waals surface area contributed by atoms with Gasteiger partial charge in [0.15, 0.2) is 5.78 Å². The summed E-state index contributed by atoms with van der Waals surface area (Å²) in [7, 11) is 0. The molecule has 0 aliphatic carbocycles. The summed E-state index contributed by atoms with van der Waals surface area (Å²) in [4.78, 5) is 53.9. The Bertz CT molecular complexity index is 667. The van der Waals surface area contributed by atoms with Gasteiger partial charge in [-0.2, -0.15) is 0 Å². The maximum absolute atomic E-state index is 11.5. The Morgan fingerprint density at radius 1 is 0.658 bits per heavy atom. The van der Waals surface area contributed by atoms with E-state index in [1.807, 2.05) is 83.1 Å². The van der Waals surface area contributed by atoms with E-state index in [4.69, 9.17) is 5.73 Å². The second-order valence-electron chi connectivity index (χ2n) is 11.5. The third-order valence-corrected chi connectivity index (χ3v) is 5.91. The van der Waals surface area contributed by atoms with Gasteiger partial charge in [0.2, 0.25) is 5.91 Å². The van der Waals surface area contributed by atoms with Gasteiger partial charge in [-0.15, -0.1) is 0 Å². The highest BCUT2D eigenvalue weighted by molar-refractivity contribution is 5.85. The topological polar surface area (TPSA) is 123 Å². The number of unbranched alkanes of at least 4 members (excludes halogenated alkanes) is 1.